The summed E-state index contributed by atoms with van der Waals surface area (Å²) < 4.78 is 6.93. The minimum Gasteiger partial charge on any atom is -0.395 e. The number of nitrogens with zero attached hydrogens (tertiary/aromatic N) is 3. The summed E-state index contributed by atoms with van der Waals surface area (Å²) in [4.78, 5) is 14.3. The Bertz CT molecular complexity index is 486. The molecule has 0 radical (unpaired) electrons. The van der Waals surface area contributed by atoms with Gasteiger partial charge in [-0.25, -0.2) is 0 Å². The van der Waals surface area contributed by atoms with Gasteiger partial charge in [0.25, 0.3) is 5.91 Å². The average Bonchev–Trinajstić information content (AvgIpc) is 2.63. The van der Waals surface area contributed by atoms with Crippen LogP contribution in [0.1, 0.15) is 23.1 Å². The first kappa shape index (κ1) is 13.8. The number of ether oxygens (including phenoxy) is 1. The number of anilines is 1. The highest BCUT2D eigenvalue weighted by atomic mass is 16.5. The molecule has 0 aromatic carbocycles. The Morgan fingerprint density at radius 3 is 2.84 bits per heavy atom. The van der Waals surface area contributed by atoms with Crippen molar-refractivity contribution < 1.29 is 14.6 Å². The van der Waals surface area contributed by atoms with Crippen molar-refractivity contribution in [3.63, 3.8) is 0 Å². The van der Waals surface area contributed by atoms with Gasteiger partial charge in [0, 0.05) is 13.6 Å². The minimum absolute atomic E-state index is 0.0510. The standard InChI is InChI=1S/C12H20N4O3/c1-7-6-19-9(5-17)4-16(7)12(18)11-10(13)8(2)14-15(11)3/h7,9,17H,4-6,13H2,1-3H3. The maximum absolute atomic E-state index is 12.6. The van der Waals surface area contributed by atoms with Gasteiger partial charge in [-0.2, -0.15) is 5.10 Å². The van der Waals surface area contributed by atoms with Crippen molar-refractivity contribution in [2.75, 3.05) is 25.5 Å². The number of carbonyl (C=O) groups is 1. The van der Waals surface area contributed by atoms with Gasteiger partial charge < -0.3 is 20.5 Å². The van der Waals surface area contributed by atoms with Crippen LogP contribution in [0.4, 0.5) is 5.69 Å². The van der Waals surface area contributed by atoms with Crippen LogP contribution in [0, 0.1) is 6.92 Å². The van der Waals surface area contributed by atoms with Crippen molar-refractivity contribution in [3.05, 3.63) is 11.4 Å². The second-order valence-corrected chi connectivity index (χ2v) is 4.92. The fraction of sp³-hybridized carbons (Fsp3) is 0.667. The molecule has 2 unspecified atom stereocenters. The zero-order valence-corrected chi connectivity index (χ0v) is 11.5. The molecule has 1 aliphatic rings. The molecule has 2 rings (SSSR count). The first-order valence-corrected chi connectivity index (χ1v) is 6.28. The number of aliphatic hydroxyl groups excluding tert-OH is 1. The lowest BCUT2D eigenvalue weighted by atomic mass is 10.1. The number of carbonyl (C=O) groups excluding carboxylic acids is 1. The van der Waals surface area contributed by atoms with E-state index in [1.165, 1.54) is 4.68 Å². The second-order valence-electron chi connectivity index (χ2n) is 4.92. The van der Waals surface area contributed by atoms with Crippen molar-refractivity contribution in [2.45, 2.75) is 26.0 Å². The Morgan fingerprint density at radius 2 is 2.32 bits per heavy atom. The predicted octanol–water partition coefficient (Wildman–Crippen LogP) is -0.467. The van der Waals surface area contributed by atoms with E-state index in [9.17, 15) is 4.79 Å². The van der Waals surface area contributed by atoms with E-state index in [1.54, 1.807) is 18.9 Å². The van der Waals surface area contributed by atoms with Crippen molar-refractivity contribution in [3.8, 4) is 0 Å². The summed E-state index contributed by atoms with van der Waals surface area (Å²) >= 11 is 0. The maximum atomic E-state index is 12.6. The monoisotopic (exact) mass is 268 g/mol. The lowest BCUT2D eigenvalue weighted by molar-refractivity contribution is -0.0669. The Labute approximate surface area is 111 Å². The third kappa shape index (κ3) is 2.43. The van der Waals surface area contributed by atoms with E-state index in [-0.39, 0.29) is 24.7 Å². The number of amides is 1. The molecule has 7 heteroatoms. The normalized spacial score (nSPS) is 23.7. The molecule has 0 spiro atoms. The van der Waals surface area contributed by atoms with Gasteiger partial charge in [0.15, 0.2) is 0 Å². The molecule has 1 amide bonds. The molecule has 1 aromatic heterocycles. The number of aromatic nitrogens is 2. The topological polar surface area (TPSA) is 93.6 Å². The summed E-state index contributed by atoms with van der Waals surface area (Å²) in [6, 6.07) is -0.0510. The lowest BCUT2D eigenvalue weighted by Gasteiger charge is -2.37. The minimum atomic E-state index is -0.337. The molecule has 1 saturated heterocycles. The van der Waals surface area contributed by atoms with Crippen LogP contribution in [-0.4, -0.2) is 57.6 Å². The number of hydrogen-bond acceptors (Lipinski definition) is 5. The van der Waals surface area contributed by atoms with Gasteiger partial charge in [-0.1, -0.05) is 0 Å². The van der Waals surface area contributed by atoms with Crippen LogP contribution in [0.5, 0.6) is 0 Å². The fourth-order valence-electron chi connectivity index (χ4n) is 2.28. The summed E-state index contributed by atoms with van der Waals surface area (Å²) in [6.07, 6.45) is -0.337. The lowest BCUT2D eigenvalue weighted by Crippen LogP contribution is -2.52. The highest BCUT2D eigenvalue weighted by Gasteiger charge is 2.32. The van der Waals surface area contributed by atoms with E-state index < -0.39 is 0 Å². The average molecular weight is 268 g/mol. The number of rotatable bonds is 2. The predicted molar refractivity (Wildman–Crippen MR) is 69.7 cm³/mol. The van der Waals surface area contributed by atoms with E-state index in [4.69, 9.17) is 15.6 Å². The molecule has 1 aromatic rings. The maximum Gasteiger partial charge on any atom is 0.274 e. The number of morpholine rings is 1. The number of hydrogen-bond donors (Lipinski definition) is 2. The highest BCUT2D eigenvalue weighted by molar-refractivity contribution is 5.98. The molecule has 0 saturated carbocycles. The number of nitrogens with two attached hydrogens (primary N) is 1. The Morgan fingerprint density at radius 1 is 1.63 bits per heavy atom. The van der Waals surface area contributed by atoms with Gasteiger partial charge in [0.1, 0.15) is 5.69 Å². The van der Waals surface area contributed by atoms with Crippen molar-refractivity contribution in [2.24, 2.45) is 7.05 Å². The molecule has 1 fully saturated rings. The smallest absolute Gasteiger partial charge is 0.274 e. The zero-order chi connectivity index (χ0) is 14.2. The van der Waals surface area contributed by atoms with Gasteiger partial charge in [0.2, 0.25) is 0 Å². The van der Waals surface area contributed by atoms with Crippen LogP contribution in [0.2, 0.25) is 0 Å². The SMILES string of the molecule is Cc1nn(C)c(C(=O)N2CC(CO)OCC2C)c1N. The molecular weight excluding hydrogens is 248 g/mol. The van der Waals surface area contributed by atoms with Gasteiger partial charge in [0.05, 0.1) is 36.7 Å². The van der Waals surface area contributed by atoms with E-state index in [0.717, 1.165) is 0 Å². The van der Waals surface area contributed by atoms with Crippen LogP contribution < -0.4 is 5.73 Å². The number of nitrogen functional groups attached to an aromatic ring is 1. The largest absolute Gasteiger partial charge is 0.395 e. The zero-order valence-electron chi connectivity index (χ0n) is 11.5. The Balaban J connectivity index is 2.27. The van der Waals surface area contributed by atoms with Gasteiger partial charge in [-0.3, -0.25) is 9.48 Å². The van der Waals surface area contributed by atoms with Crippen LogP contribution in [0.25, 0.3) is 0 Å². The molecule has 19 heavy (non-hydrogen) atoms. The molecule has 7 nitrogen and oxygen atoms in total. The summed E-state index contributed by atoms with van der Waals surface area (Å²) in [5.74, 6) is -0.171. The van der Waals surface area contributed by atoms with Crippen molar-refractivity contribution in [1.29, 1.82) is 0 Å². The molecule has 2 atom stereocenters. The van der Waals surface area contributed by atoms with Crippen LogP contribution in [0.15, 0.2) is 0 Å². The molecular formula is C12H20N4O3. The van der Waals surface area contributed by atoms with Gasteiger partial charge >= 0.3 is 0 Å². The number of aliphatic hydroxyl groups is 1. The quantitative estimate of drug-likeness (QED) is 0.756. The Kier molecular flexibility index (Phi) is 3.77. The third-order valence-electron chi connectivity index (χ3n) is 3.44. The summed E-state index contributed by atoms with van der Waals surface area (Å²) in [5.41, 5.74) is 7.36. The van der Waals surface area contributed by atoms with Crippen LogP contribution >= 0.6 is 0 Å². The van der Waals surface area contributed by atoms with E-state index >= 15 is 0 Å². The van der Waals surface area contributed by atoms with Crippen LogP contribution in [0.3, 0.4) is 0 Å². The highest BCUT2D eigenvalue weighted by Crippen LogP contribution is 2.21. The molecule has 3 N–H and O–H groups in total. The van der Waals surface area contributed by atoms with Crippen molar-refractivity contribution >= 4 is 11.6 Å². The molecule has 106 valence electrons. The summed E-state index contributed by atoms with van der Waals surface area (Å²) in [5, 5.41) is 13.3. The summed E-state index contributed by atoms with van der Waals surface area (Å²) in [7, 11) is 1.70. The summed E-state index contributed by atoms with van der Waals surface area (Å²) in [6.45, 7) is 4.35. The van der Waals surface area contributed by atoms with Crippen LogP contribution in [-0.2, 0) is 11.8 Å². The van der Waals surface area contributed by atoms with Gasteiger partial charge in [-0.05, 0) is 13.8 Å². The molecule has 2 heterocycles. The van der Waals surface area contributed by atoms with Crippen molar-refractivity contribution in [1.82, 2.24) is 14.7 Å². The van der Waals surface area contributed by atoms with Gasteiger partial charge in [-0.15, -0.1) is 0 Å². The third-order valence-corrected chi connectivity index (χ3v) is 3.44. The van der Waals surface area contributed by atoms with E-state index in [1.807, 2.05) is 6.92 Å². The molecule has 1 aliphatic heterocycles. The molecule has 0 aliphatic carbocycles. The van der Waals surface area contributed by atoms with E-state index in [2.05, 4.69) is 5.10 Å². The first-order chi connectivity index (χ1) is 8.95. The fourth-order valence-corrected chi connectivity index (χ4v) is 2.28. The second kappa shape index (κ2) is 5.18. The Hall–Kier alpha value is -1.60. The number of aryl methyl sites for hydroxylation is 2. The molecule has 0 bridgehead atoms. The van der Waals surface area contributed by atoms with E-state index in [0.29, 0.717) is 30.2 Å². The first-order valence-electron chi connectivity index (χ1n) is 6.28.